The number of benzene rings is 1. The predicted molar refractivity (Wildman–Crippen MR) is 78.4 cm³/mol. The lowest BCUT2D eigenvalue weighted by atomic mass is 10.2. The monoisotopic (exact) mass is 275 g/mol. The van der Waals surface area contributed by atoms with Crippen molar-refractivity contribution in [1.82, 2.24) is 9.36 Å². The number of fused-ring (bicyclic) bond motifs is 1. The molecule has 3 rings (SSSR count). The van der Waals surface area contributed by atoms with Crippen LogP contribution in [0.5, 0.6) is 0 Å². The fraction of sp³-hybridized carbons (Fsp3) is 0.231. The van der Waals surface area contributed by atoms with Gasteiger partial charge in [-0.25, -0.2) is 4.98 Å². The average molecular weight is 275 g/mol. The van der Waals surface area contributed by atoms with E-state index in [9.17, 15) is 0 Å². The molecule has 5 heteroatoms. The first-order valence-electron chi connectivity index (χ1n) is 5.88. The minimum atomic E-state index is 0.775. The molecule has 0 atom stereocenters. The molecule has 2 heterocycles. The molecule has 0 aliphatic carbocycles. The summed E-state index contributed by atoms with van der Waals surface area (Å²) in [5.41, 5.74) is 1.05. The van der Waals surface area contributed by atoms with E-state index in [1.807, 2.05) is 24.4 Å². The molecular weight excluding hydrogens is 262 g/mol. The third kappa shape index (κ3) is 2.23. The molecule has 1 N–H and O–H groups in total. The second kappa shape index (κ2) is 5.04. The van der Waals surface area contributed by atoms with E-state index in [4.69, 9.17) is 0 Å². The molecule has 3 aromatic rings. The first kappa shape index (κ1) is 11.6. The van der Waals surface area contributed by atoms with E-state index in [-0.39, 0.29) is 0 Å². The summed E-state index contributed by atoms with van der Waals surface area (Å²) in [5, 5.41) is 6.87. The van der Waals surface area contributed by atoms with Gasteiger partial charge >= 0.3 is 0 Å². The van der Waals surface area contributed by atoms with Crippen molar-refractivity contribution in [3.05, 3.63) is 40.3 Å². The summed E-state index contributed by atoms with van der Waals surface area (Å²) in [7, 11) is 0. The lowest BCUT2D eigenvalue weighted by Crippen LogP contribution is -1.96. The van der Waals surface area contributed by atoms with Gasteiger partial charge < -0.3 is 5.32 Å². The largest absolute Gasteiger partial charge is 0.369 e. The Morgan fingerprint density at radius 3 is 3.00 bits per heavy atom. The minimum absolute atomic E-state index is 0.775. The van der Waals surface area contributed by atoms with Crippen LogP contribution in [0.15, 0.2) is 30.5 Å². The number of hydrogen-bond donors (Lipinski definition) is 1. The average Bonchev–Trinajstić information content (AvgIpc) is 3.03. The predicted octanol–water partition coefficient (Wildman–Crippen LogP) is 3.93. The normalized spacial score (nSPS) is 10.9. The summed E-state index contributed by atoms with van der Waals surface area (Å²) in [6.07, 6.45) is 3.02. The third-order valence-electron chi connectivity index (χ3n) is 2.73. The second-order valence-electron chi connectivity index (χ2n) is 3.96. The fourth-order valence-electron chi connectivity index (χ4n) is 1.77. The number of thiazole rings is 1. The maximum Gasteiger partial charge on any atom is 0.117 e. The Kier molecular flexibility index (Phi) is 3.25. The van der Waals surface area contributed by atoms with Gasteiger partial charge in [0, 0.05) is 16.5 Å². The number of hydrogen-bond acceptors (Lipinski definition) is 5. The number of anilines is 1. The van der Waals surface area contributed by atoms with Crippen molar-refractivity contribution in [3.63, 3.8) is 0 Å². The molecule has 0 aliphatic rings. The Hall–Kier alpha value is -1.46. The Labute approximate surface area is 114 Å². The van der Waals surface area contributed by atoms with Crippen LogP contribution >= 0.6 is 22.9 Å². The smallest absolute Gasteiger partial charge is 0.117 e. The lowest BCUT2D eigenvalue weighted by Gasteiger charge is -2.00. The van der Waals surface area contributed by atoms with Gasteiger partial charge in [0.05, 0.1) is 12.1 Å². The molecule has 18 heavy (non-hydrogen) atoms. The third-order valence-corrected chi connectivity index (χ3v) is 4.71. The summed E-state index contributed by atoms with van der Waals surface area (Å²) in [6, 6.07) is 8.19. The quantitative estimate of drug-likeness (QED) is 0.784. The van der Waals surface area contributed by atoms with Gasteiger partial charge in [-0.2, -0.15) is 4.37 Å². The van der Waals surface area contributed by atoms with Gasteiger partial charge in [-0.15, -0.1) is 11.3 Å². The molecular formula is C13H13N3S2. The van der Waals surface area contributed by atoms with Crippen LogP contribution in [0, 0.1) is 0 Å². The number of nitrogens with one attached hydrogen (secondary N) is 1. The number of aryl methyl sites for hydroxylation is 1. The molecule has 0 saturated carbocycles. The highest BCUT2D eigenvalue weighted by Crippen LogP contribution is 2.28. The maximum absolute atomic E-state index is 4.41. The lowest BCUT2D eigenvalue weighted by molar-refractivity contribution is 1.10. The molecule has 1 aromatic carbocycles. The molecule has 0 bridgehead atoms. The summed E-state index contributed by atoms with van der Waals surface area (Å²) in [4.78, 5) is 5.74. The zero-order valence-corrected chi connectivity index (χ0v) is 11.6. The van der Waals surface area contributed by atoms with Gasteiger partial charge in [-0.05, 0) is 30.1 Å². The second-order valence-corrected chi connectivity index (χ2v) is 5.93. The summed E-state index contributed by atoms with van der Waals surface area (Å²) >= 11 is 3.28. The Bertz CT molecular complexity index is 657. The summed E-state index contributed by atoms with van der Waals surface area (Å²) in [6.45, 7) is 2.93. The first-order chi connectivity index (χ1) is 8.86. The highest BCUT2D eigenvalue weighted by molar-refractivity contribution is 7.12. The molecule has 0 saturated heterocycles. The van der Waals surface area contributed by atoms with E-state index < -0.39 is 0 Å². The van der Waals surface area contributed by atoms with Gasteiger partial charge in [0.15, 0.2) is 0 Å². The van der Waals surface area contributed by atoms with E-state index >= 15 is 0 Å². The van der Waals surface area contributed by atoms with Crippen LogP contribution < -0.4 is 5.32 Å². The summed E-state index contributed by atoms with van der Waals surface area (Å²) in [5.74, 6) is 0. The fourth-order valence-corrected chi connectivity index (χ4v) is 3.32. The van der Waals surface area contributed by atoms with E-state index in [0.29, 0.717) is 0 Å². The van der Waals surface area contributed by atoms with Crippen LogP contribution in [0.1, 0.15) is 16.8 Å². The molecule has 2 aromatic heterocycles. The van der Waals surface area contributed by atoms with Crippen LogP contribution in [0.4, 0.5) is 5.00 Å². The Balaban J connectivity index is 1.76. The minimum Gasteiger partial charge on any atom is -0.369 e. The number of rotatable bonds is 4. The van der Waals surface area contributed by atoms with Crippen molar-refractivity contribution in [2.24, 2.45) is 0 Å². The summed E-state index contributed by atoms with van der Waals surface area (Å²) < 4.78 is 4.41. The van der Waals surface area contributed by atoms with Crippen molar-refractivity contribution in [3.8, 4) is 0 Å². The van der Waals surface area contributed by atoms with E-state index in [1.165, 1.54) is 21.8 Å². The zero-order valence-electron chi connectivity index (χ0n) is 10.0. The SMILES string of the molecule is CCc1cnc(CNc2snc3ccccc23)s1. The zero-order chi connectivity index (χ0) is 12.4. The van der Waals surface area contributed by atoms with Crippen molar-refractivity contribution in [2.75, 3.05) is 5.32 Å². The highest BCUT2D eigenvalue weighted by atomic mass is 32.1. The first-order valence-corrected chi connectivity index (χ1v) is 7.47. The Morgan fingerprint density at radius 2 is 2.17 bits per heavy atom. The topological polar surface area (TPSA) is 37.8 Å². The highest BCUT2D eigenvalue weighted by Gasteiger charge is 2.06. The maximum atomic E-state index is 4.41. The van der Waals surface area contributed by atoms with Crippen LogP contribution in [0.3, 0.4) is 0 Å². The van der Waals surface area contributed by atoms with Crippen molar-refractivity contribution < 1.29 is 0 Å². The van der Waals surface area contributed by atoms with Crippen LogP contribution in [0.25, 0.3) is 10.9 Å². The molecule has 0 fully saturated rings. The van der Waals surface area contributed by atoms with Gasteiger partial charge in [0.2, 0.25) is 0 Å². The van der Waals surface area contributed by atoms with E-state index in [2.05, 4.69) is 27.7 Å². The van der Waals surface area contributed by atoms with Gasteiger partial charge in [0.1, 0.15) is 10.0 Å². The Morgan fingerprint density at radius 1 is 1.28 bits per heavy atom. The molecule has 0 unspecified atom stereocenters. The molecule has 3 nitrogen and oxygen atoms in total. The van der Waals surface area contributed by atoms with E-state index in [1.54, 1.807) is 11.3 Å². The van der Waals surface area contributed by atoms with Crippen molar-refractivity contribution in [2.45, 2.75) is 19.9 Å². The number of aromatic nitrogens is 2. The standard InChI is InChI=1S/C13H13N3S2/c1-2-9-7-14-12(17-9)8-15-13-10-5-3-4-6-11(10)16-18-13/h3-7,15H,2,8H2,1H3. The molecule has 0 radical (unpaired) electrons. The van der Waals surface area contributed by atoms with Gasteiger partial charge in [-0.1, -0.05) is 19.1 Å². The van der Waals surface area contributed by atoms with Crippen molar-refractivity contribution >= 4 is 38.8 Å². The van der Waals surface area contributed by atoms with Crippen LogP contribution in [-0.4, -0.2) is 9.36 Å². The molecule has 0 amide bonds. The van der Waals surface area contributed by atoms with Crippen molar-refractivity contribution in [1.29, 1.82) is 0 Å². The molecule has 0 spiro atoms. The molecule has 0 aliphatic heterocycles. The van der Waals surface area contributed by atoms with Gasteiger partial charge in [0.25, 0.3) is 0 Å². The van der Waals surface area contributed by atoms with Crippen LogP contribution in [0.2, 0.25) is 0 Å². The van der Waals surface area contributed by atoms with E-state index in [0.717, 1.165) is 28.5 Å². The van der Waals surface area contributed by atoms with Gasteiger partial charge in [-0.3, -0.25) is 0 Å². The number of nitrogens with zero attached hydrogens (tertiary/aromatic N) is 2. The molecule has 92 valence electrons. The van der Waals surface area contributed by atoms with Crippen LogP contribution in [-0.2, 0) is 13.0 Å².